The van der Waals surface area contributed by atoms with Crippen molar-refractivity contribution in [2.75, 3.05) is 13.2 Å². The maximum atomic E-state index is 12.9. The molecule has 0 aromatic heterocycles. The van der Waals surface area contributed by atoms with Crippen LogP contribution in [0, 0.1) is 11.8 Å². The SMILES string of the molecule is CCCCCCCCCCCCCCCCCCCC(=O)O[C@H](COC(=O)CCCCCCCCCCCCCCCCCCCCC(C)C)COC(=O)CCCCCCCCCCCCCCCC(C)C. The van der Waals surface area contributed by atoms with E-state index in [4.69, 9.17) is 14.2 Å². The summed E-state index contributed by atoms with van der Waals surface area (Å²) in [6.07, 6.45) is 65.4. The number of ether oxygens (including phenoxy) is 3. The summed E-state index contributed by atoms with van der Waals surface area (Å²) < 4.78 is 17.0. The van der Waals surface area contributed by atoms with Crippen LogP contribution < -0.4 is 0 Å². The lowest BCUT2D eigenvalue weighted by Gasteiger charge is -2.18. The fraction of sp³-hybridized carbons (Fsp3) is 0.955. The van der Waals surface area contributed by atoms with Gasteiger partial charge in [-0.1, -0.05) is 336 Å². The van der Waals surface area contributed by atoms with Gasteiger partial charge in [0.1, 0.15) is 13.2 Å². The first kappa shape index (κ1) is 70.4. The van der Waals surface area contributed by atoms with E-state index < -0.39 is 6.10 Å². The Morgan fingerprint density at radius 1 is 0.264 bits per heavy atom. The first-order valence-electron chi connectivity index (χ1n) is 32.7. The van der Waals surface area contributed by atoms with Crippen molar-refractivity contribution in [3.63, 3.8) is 0 Å². The average molecular weight is 1020 g/mol. The van der Waals surface area contributed by atoms with Crippen LogP contribution in [0.15, 0.2) is 0 Å². The topological polar surface area (TPSA) is 78.9 Å². The fourth-order valence-corrected chi connectivity index (χ4v) is 10.3. The van der Waals surface area contributed by atoms with Gasteiger partial charge in [-0.3, -0.25) is 14.4 Å². The normalized spacial score (nSPS) is 12.0. The molecular weight excluding hydrogens is 889 g/mol. The van der Waals surface area contributed by atoms with E-state index in [1.54, 1.807) is 0 Å². The summed E-state index contributed by atoms with van der Waals surface area (Å²) in [7, 11) is 0. The second-order valence-electron chi connectivity index (χ2n) is 23.7. The highest BCUT2D eigenvalue weighted by atomic mass is 16.6. The van der Waals surface area contributed by atoms with Crippen LogP contribution in [0.5, 0.6) is 0 Å². The van der Waals surface area contributed by atoms with Gasteiger partial charge < -0.3 is 14.2 Å². The lowest BCUT2D eigenvalue weighted by atomic mass is 10.0. The van der Waals surface area contributed by atoms with Crippen molar-refractivity contribution in [1.29, 1.82) is 0 Å². The van der Waals surface area contributed by atoms with Crippen molar-refractivity contribution in [2.45, 2.75) is 381 Å². The van der Waals surface area contributed by atoms with Gasteiger partial charge in [0, 0.05) is 19.3 Å². The molecule has 0 aliphatic rings. The third kappa shape index (κ3) is 59.3. The van der Waals surface area contributed by atoms with Crippen molar-refractivity contribution < 1.29 is 28.6 Å². The van der Waals surface area contributed by atoms with Crippen molar-refractivity contribution in [3.05, 3.63) is 0 Å². The van der Waals surface area contributed by atoms with Gasteiger partial charge in [0.15, 0.2) is 6.10 Å². The molecule has 0 radical (unpaired) electrons. The largest absolute Gasteiger partial charge is 0.462 e. The first-order valence-corrected chi connectivity index (χ1v) is 32.7. The van der Waals surface area contributed by atoms with Crippen LogP contribution >= 0.6 is 0 Å². The summed E-state index contributed by atoms with van der Waals surface area (Å²) in [5.74, 6) is 0.870. The van der Waals surface area contributed by atoms with Gasteiger partial charge in [-0.05, 0) is 31.1 Å². The third-order valence-electron chi connectivity index (χ3n) is 15.2. The molecule has 0 saturated heterocycles. The van der Waals surface area contributed by atoms with E-state index in [1.165, 1.54) is 263 Å². The van der Waals surface area contributed by atoms with Crippen LogP contribution in [0.4, 0.5) is 0 Å². The van der Waals surface area contributed by atoms with Gasteiger partial charge in [-0.15, -0.1) is 0 Å². The smallest absolute Gasteiger partial charge is 0.306 e. The van der Waals surface area contributed by atoms with Crippen LogP contribution in [0.25, 0.3) is 0 Å². The lowest BCUT2D eigenvalue weighted by molar-refractivity contribution is -0.167. The summed E-state index contributed by atoms with van der Waals surface area (Å²) in [4.78, 5) is 38.3. The minimum Gasteiger partial charge on any atom is -0.462 e. The zero-order chi connectivity index (χ0) is 52.5. The van der Waals surface area contributed by atoms with E-state index >= 15 is 0 Å². The summed E-state index contributed by atoms with van der Waals surface area (Å²) in [6, 6.07) is 0. The maximum absolute atomic E-state index is 12.9. The van der Waals surface area contributed by atoms with E-state index in [0.717, 1.165) is 69.6 Å². The molecular formula is C66H128O6. The molecule has 0 N–H and O–H groups in total. The van der Waals surface area contributed by atoms with Gasteiger partial charge in [0.25, 0.3) is 0 Å². The van der Waals surface area contributed by atoms with Crippen LogP contribution in [0.1, 0.15) is 375 Å². The lowest BCUT2D eigenvalue weighted by Crippen LogP contribution is -2.30. The molecule has 0 saturated carbocycles. The number of carbonyl (C=O) groups excluding carboxylic acids is 3. The molecule has 0 fully saturated rings. The maximum Gasteiger partial charge on any atom is 0.306 e. The van der Waals surface area contributed by atoms with Gasteiger partial charge in [-0.2, -0.15) is 0 Å². The average Bonchev–Trinajstić information content (AvgIpc) is 3.36. The summed E-state index contributed by atoms with van der Waals surface area (Å²) in [6.45, 7) is 11.5. The minimum absolute atomic E-state index is 0.0616. The van der Waals surface area contributed by atoms with Crippen LogP contribution in [-0.4, -0.2) is 37.2 Å². The zero-order valence-corrected chi connectivity index (χ0v) is 49.6. The highest BCUT2D eigenvalue weighted by Gasteiger charge is 2.19. The molecule has 0 aromatic carbocycles. The van der Waals surface area contributed by atoms with E-state index in [1.807, 2.05) is 0 Å². The molecule has 0 unspecified atom stereocenters. The number of hydrogen-bond donors (Lipinski definition) is 0. The van der Waals surface area contributed by atoms with Crippen molar-refractivity contribution in [2.24, 2.45) is 11.8 Å². The highest BCUT2D eigenvalue weighted by Crippen LogP contribution is 2.19. The summed E-state index contributed by atoms with van der Waals surface area (Å²) in [5, 5.41) is 0. The number of rotatable bonds is 60. The molecule has 1 atom stereocenters. The molecule has 428 valence electrons. The Morgan fingerprint density at radius 3 is 0.681 bits per heavy atom. The molecule has 0 heterocycles. The number of unbranched alkanes of at least 4 members (excludes halogenated alkanes) is 45. The van der Waals surface area contributed by atoms with E-state index in [-0.39, 0.29) is 31.1 Å². The predicted octanol–water partition coefficient (Wildman–Crippen LogP) is 22.0. The Bertz CT molecular complexity index is 1100. The van der Waals surface area contributed by atoms with Gasteiger partial charge >= 0.3 is 17.9 Å². The van der Waals surface area contributed by atoms with Crippen molar-refractivity contribution >= 4 is 17.9 Å². The van der Waals surface area contributed by atoms with Gasteiger partial charge in [0.2, 0.25) is 0 Å². The molecule has 0 aromatic rings. The highest BCUT2D eigenvalue weighted by molar-refractivity contribution is 5.71. The zero-order valence-electron chi connectivity index (χ0n) is 49.6. The van der Waals surface area contributed by atoms with Crippen LogP contribution in [0.2, 0.25) is 0 Å². The Labute approximate surface area is 450 Å². The quantitative estimate of drug-likeness (QED) is 0.0343. The third-order valence-corrected chi connectivity index (χ3v) is 15.2. The molecule has 6 heteroatoms. The Balaban J connectivity index is 4.27. The van der Waals surface area contributed by atoms with Crippen molar-refractivity contribution in [3.8, 4) is 0 Å². The minimum atomic E-state index is -0.764. The predicted molar refractivity (Wildman–Crippen MR) is 312 cm³/mol. The molecule has 0 rings (SSSR count). The van der Waals surface area contributed by atoms with Crippen molar-refractivity contribution in [1.82, 2.24) is 0 Å². The molecule has 0 spiro atoms. The first-order chi connectivity index (χ1) is 35.2. The Kier molecular flexibility index (Phi) is 57.4. The van der Waals surface area contributed by atoms with Crippen LogP contribution in [0.3, 0.4) is 0 Å². The second kappa shape index (κ2) is 58.7. The molecule has 0 amide bonds. The van der Waals surface area contributed by atoms with Gasteiger partial charge in [-0.25, -0.2) is 0 Å². The Morgan fingerprint density at radius 2 is 0.458 bits per heavy atom. The van der Waals surface area contributed by atoms with Crippen LogP contribution in [-0.2, 0) is 28.6 Å². The summed E-state index contributed by atoms with van der Waals surface area (Å²) >= 11 is 0. The number of carbonyl (C=O) groups is 3. The Hall–Kier alpha value is -1.59. The standard InChI is InChI=1S/C66H128O6/c1-6-7-8-9-10-11-12-13-14-17-22-27-33-38-43-48-53-58-66(69)72-63(60-71-65(68)57-52-47-42-37-32-28-23-25-30-35-40-45-50-55-62(4)5)59-70-64(67)56-51-46-41-36-31-26-21-19-16-15-18-20-24-29-34-39-44-49-54-61(2)3/h61-63H,6-60H2,1-5H3/t63-/m1/s1. The fourth-order valence-electron chi connectivity index (χ4n) is 10.3. The van der Waals surface area contributed by atoms with E-state index in [2.05, 4.69) is 34.6 Å². The molecule has 0 aliphatic carbocycles. The molecule has 6 nitrogen and oxygen atoms in total. The molecule has 72 heavy (non-hydrogen) atoms. The molecule has 0 aliphatic heterocycles. The summed E-state index contributed by atoms with van der Waals surface area (Å²) in [5.41, 5.74) is 0. The number of hydrogen-bond acceptors (Lipinski definition) is 6. The monoisotopic (exact) mass is 1020 g/mol. The second-order valence-corrected chi connectivity index (χ2v) is 23.7. The van der Waals surface area contributed by atoms with E-state index in [9.17, 15) is 14.4 Å². The molecule has 0 bridgehead atoms. The van der Waals surface area contributed by atoms with Gasteiger partial charge in [0.05, 0.1) is 0 Å². The number of esters is 3. The van der Waals surface area contributed by atoms with E-state index in [0.29, 0.717) is 19.3 Å².